The minimum Gasteiger partial charge on any atom is -0.493 e. The lowest BCUT2D eigenvalue weighted by Crippen LogP contribution is -2.38. The van der Waals surface area contributed by atoms with Crippen molar-refractivity contribution >= 4 is 16.9 Å². The average Bonchev–Trinajstić information content (AvgIpc) is 2.82. The van der Waals surface area contributed by atoms with Crippen LogP contribution in [0.1, 0.15) is 10.5 Å². The highest BCUT2D eigenvalue weighted by Crippen LogP contribution is 2.36. The number of para-hydroxylation sites is 1. The standard InChI is InChI=1S/C21H24N4O7/c1-24-18-13(20(28)25(2)21(24)29)8-9-14(23-18)19(27)22-10-12(26)11-32-17-15(30-3)6-5-7-16(17)31-4/h5-9,12,26H,10-11H2,1-4H3,(H,22,27). The first-order valence-electron chi connectivity index (χ1n) is 9.65. The fourth-order valence-corrected chi connectivity index (χ4v) is 3.08. The van der Waals surface area contributed by atoms with Gasteiger partial charge in [-0.2, -0.15) is 0 Å². The first-order valence-corrected chi connectivity index (χ1v) is 9.65. The van der Waals surface area contributed by atoms with Crippen molar-refractivity contribution in [3.05, 3.63) is 56.9 Å². The van der Waals surface area contributed by atoms with E-state index in [2.05, 4.69) is 10.3 Å². The van der Waals surface area contributed by atoms with E-state index < -0.39 is 23.3 Å². The number of nitrogens with zero attached hydrogens (tertiary/aromatic N) is 3. The number of carbonyl (C=O) groups is 1. The molecule has 2 aromatic heterocycles. The number of rotatable bonds is 8. The van der Waals surface area contributed by atoms with Gasteiger partial charge in [-0.15, -0.1) is 0 Å². The highest BCUT2D eigenvalue weighted by molar-refractivity contribution is 5.94. The van der Waals surface area contributed by atoms with Crippen LogP contribution in [0.25, 0.3) is 11.0 Å². The molecule has 0 aliphatic rings. The van der Waals surface area contributed by atoms with Crippen molar-refractivity contribution < 1.29 is 24.1 Å². The number of hydrogen-bond donors (Lipinski definition) is 2. The monoisotopic (exact) mass is 444 g/mol. The predicted octanol–water partition coefficient (Wildman–Crippen LogP) is -0.181. The first-order chi connectivity index (χ1) is 15.3. The molecule has 0 saturated carbocycles. The van der Waals surface area contributed by atoms with E-state index in [1.807, 2.05) is 0 Å². The summed E-state index contributed by atoms with van der Waals surface area (Å²) in [6, 6.07) is 7.94. The van der Waals surface area contributed by atoms with Crippen molar-refractivity contribution in [1.82, 2.24) is 19.4 Å². The normalized spacial score (nSPS) is 11.8. The van der Waals surface area contributed by atoms with Gasteiger partial charge in [-0.25, -0.2) is 9.78 Å². The van der Waals surface area contributed by atoms with E-state index in [9.17, 15) is 19.5 Å². The van der Waals surface area contributed by atoms with E-state index in [-0.39, 0.29) is 29.9 Å². The van der Waals surface area contributed by atoms with Gasteiger partial charge >= 0.3 is 5.69 Å². The summed E-state index contributed by atoms with van der Waals surface area (Å²) in [5.41, 5.74) is -0.952. The summed E-state index contributed by atoms with van der Waals surface area (Å²) < 4.78 is 18.2. The number of methoxy groups -OCH3 is 2. The maximum absolute atomic E-state index is 12.5. The summed E-state index contributed by atoms with van der Waals surface area (Å²) in [7, 11) is 5.81. The van der Waals surface area contributed by atoms with Gasteiger partial charge in [0.05, 0.1) is 19.6 Å². The second kappa shape index (κ2) is 9.52. The molecular formula is C21H24N4O7. The molecule has 0 radical (unpaired) electrons. The van der Waals surface area contributed by atoms with Gasteiger partial charge < -0.3 is 24.6 Å². The van der Waals surface area contributed by atoms with Crippen LogP contribution < -0.4 is 30.8 Å². The second-order valence-corrected chi connectivity index (χ2v) is 6.94. The molecule has 0 saturated heterocycles. The summed E-state index contributed by atoms with van der Waals surface area (Å²) in [6.45, 7) is -0.252. The quantitative estimate of drug-likeness (QED) is 0.489. The van der Waals surface area contributed by atoms with E-state index in [0.29, 0.717) is 17.2 Å². The molecule has 0 bridgehead atoms. The summed E-state index contributed by atoms with van der Waals surface area (Å²) >= 11 is 0. The third-order valence-electron chi connectivity index (χ3n) is 4.84. The largest absolute Gasteiger partial charge is 0.493 e. The molecule has 0 fully saturated rings. The molecule has 11 nitrogen and oxygen atoms in total. The number of benzene rings is 1. The SMILES string of the molecule is COc1cccc(OC)c1OCC(O)CNC(=O)c1ccc2c(=O)n(C)c(=O)n(C)c2n1. The molecular weight excluding hydrogens is 420 g/mol. The Morgan fingerprint density at radius 3 is 2.38 bits per heavy atom. The number of fused-ring (bicyclic) bond motifs is 1. The Balaban J connectivity index is 1.68. The van der Waals surface area contributed by atoms with Gasteiger partial charge in [0.1, 0.15) is 24.1 Å². The molecule has 0 aliphatic carbocycles. The topological polar surface area (TPSA) is 134 Å². The fraction of sp³-hybridized carbons (Fsp3) is 0.333. The molecule has 3 aromatic rings. The van der Waals surface area contributed by atoms with Crippen LogP contribution in [0.5, 0.6) is 17.2 Å². The number of aromatic nitrogens is 3. The molecule has 170 valence electrons. The molecule has 1 atom stereocenters. The molecule has 1 aromatic carbocycles. The highest BCUT2D eigenvalue weighted by atomic mass is 16.5. The average molecular weight is 444 g/mol. The maximum atomic E-state index is 12.5. The maximum Gasteiger partial charge on any atom is 0.332 e. The van der Waals surface area contributed by atoms with Gasteiger partial charge in [0.25, 0.3) is 11.5 Å². The van der Waals surface area contributed by atoms with E-state index in [4.69, 9.17) is 14.2 Å². The molecule has 3 rings (SSSR count). The molecule has 0 spiro atoms. The van der Waals surface area contributed by atoms with Crippen LogP contribution in [0, 0.1) is 0 Å². The van der Waals surface area contributed by atoms with E-state index >= 15 is 0 Å². The number of aryl methyl sites for hydroxylation is 1. The number of amides is 1. The number of aliphatic hydroxyl groups is 1. The van der Waals surface area contributed by atoms with Crippen molar-refractivity contribution in [2.24, 2.45) is 14.1 Å². The Hall–Kier alpha value is -3.86. The number of pyridine rings is 1. The van der Waals surface area contributed by atoms with Gasteiger partial charge in [-0.1, -0.05) is 6.07 Å². The van der Waals surface area contributed by atoms with Crippen molar-refractivity contribution in [1.29, 1.82) is 0 Å². The summed E-state index contributed by atoms with van der Waals surface area (Å²) in [5, 5.41) is 13.0. The fourth-order valence-electron chi connectivity index (χ4n) is 3.08. The summed E-state index contributed by atoms with van der Waals surface area (Å²) in [4.78, 5) is 40.9. The molecule has 0 aliphatic heterocycles. The van der Waals surface area contributed by atoms with Gasteiger partial charge in [-0.05, 0) is 24.3 Å². The number of hydrogen-bond acceptors (Lipinski definition) is 8. The lowest BCUT2D eigenvalue weighted by atomic mass is 10.2. The van der Waals surface area contributed by atoms with Crippen molar-refractivity contribution in [2.75, 3.05) is 27.4 Å². The second-order valence-electron chi connectivity index (χ2n) is 6.94. The Morgan fingerprint density at radius 2 is 1.75 bits per heavy atom. The molecule has 2 heterocycles. The van der Waals surface area contributed by atoms with Crippen molar-refractivity contribution in [3.63, 3.8) is 0 Å². The van der Waals surface area contributed by atoms with E-state index in [0.717, 1.165) is 4.57 Å². The number of aliphatic hydroxyl groups excluding tert-OH is 1. The van der Waals surface area contributed by atoms with Crippen LogP contribution in [0.15, 0.2) is 39.9 Å². The number of carbonyl (C=O) groups excluding carboxylic acids is 1. The van der Waals surface area contributed by atoms with Crippen molar-refractivity contribution in [3.8, 4) is 17.2 Å². The van der Waals surface area contributed by atoms with Crippen molar-refractivity contribution in [2.45, 2.75) is 6.10 Å². The molecule has 1 amide bonds. The molecule has 32 heavy (non-hydrogen) atoms. The predicted molar refractivity (Wildman–Crippen MR) is 116 cm³/mol. The van der Waals surface area contributed by atoms with E-state index in [1.54, 1.807) is 18.2 Å². The van der Waals surface area contributed by atoms with Gasteiger partial charge in [0, 0.05) is 20.6 Å². The first kappa shape index (κ1) is 22.8. The van der Waals surface area contributed by atoms with Crippen LogP contribution in [-0.2, 0) is 14.1 Å². The van der Waals surface area contributed by atoms with Crippen LogP contribution in [0.2, 0.25) is 0 Å². The third kappa shape index (κ3) is 4.42. The van der Waals surface area contributed by atoms with Gasteiger partial charge in [0.15, 0.2) is 11.5 Å². The zero-order valence-corrected chi connectivity index (χ0v) is 18.1. The Morgan fingerprint density at radius 1 is 1.09 bits per heavy atom. The minimum absolute atomic E-state index is 0.000249. The zero-order chi connectivity index (χ0) is 23.4. The van der Waals surface area contributed by atoms with Gasteiger partial charge in [-0.3, -0.25) is 18.7 Å². The lowest BCUT2D eigenvalue weighted by molar-refractivity contribution is 0.0830. The lowest BCUT2D eigenvalue weighted by Gasteiger charge is -2.17. The molecule has 2 N–H and O–H groups in total. The van der Waals surface area contributed by atoms with E-state index in [1.165, 1.54) is 45.0 Å². The van der Waals surface area contributed by atoms with Crippen LogP contribution >= 0.6 is 0 Å². The van der Waals surface area contributed by atoms with Crippen LogP contribution in [0.4, 0.5) is 0 Å². The Bertz CT molecular complexity index is 1240. The Kier molecular flexibility index (Phi) is 6.79. The summed E-state index contributed by atoms with van der Waals surface area (Å²) in [6.07, 6.45) is -1.04. The third-order valence-corrected chi connectivity index (χ3v) is 4.84. The highest BCUT2D eigenvalue weighted by Gasteiger charge is 2.17. The zero-order valence-electron chi connectivity index (χ0n) is 18.1. The minimum atomic E-state index is -1.04. The van der Waals surface area contributed by atoms with Crippen LogP contribution in [0.3, 0.4) is 0 Å². The molecule has 1 unspecified atom stereocenters. The Labute approximate surface area is 182 Å². The van der Waals surface area contributed by atoms with Gasteiger partial charge in [0.2, 0.25) is 5.75 Å². The molecule has 11 heteroatoms. The summed E-state index contributed by atoms with van der Waals surface area (Å²) in [5.74, 6) is 0.644. The smallest absolute Gasteiger partial charge is 0.332 e. The van der Waals surface area contributed by atoms with Crippen LogP contribution in [-0.4, -0.2) is 58.6 Å². The number of ether oxygens (including phenoxy) is 3. The number of nitrogens with one attached hydrogen (secondary N) is 1.